The van der Waals surface area contributed by atoms with E-state index in [4.69, 9.17) is 16.3 Å². The maximum absolute atomic E-state index is 9.56. The largest absolute Gasteiger partial charge is 0.456 e. The summed E-state index contributed by atoms with van der Waals surface area (Å²) in [7, 11) is 0. The number of ether oxygens (including phenoxy) is 1. The smallest absolute Gasteiger partial charge is 0.141 e. The lowest BCUT2D eigenvalue weighted by Crippen LogP contribution is -1.93. The molecule has 0 saturated carbocycles. The van der Waals surface area contributed by atoms with E-state index >= 15 is 0 Å². The molecule has 1 atom stereocenters. The van der Waals surface area contributed by atoms with Gasteiger partial charge in [-0.15, -0.1) is 0 Å². The first kappa shape index (κ1) is 15.4. The van der Waals surface area contributed by atoms with Crippen LogP contribution in [-0.4, -0.2) is 5.11 Å². The summed E-state index contributed by atoms with van der Waals surface area (Å²) in [6, 6.07) is 9.36. The van der Waals surface area contributed by atoms with Crippen molar-refractivity contribution >= 4 is 27.5 Å². The maximum atomic E-state index is 9.56. The number of aliphatic hydroxyl groups is 1. The molecule has 106 valence electrons. The van der Waals surface area contributed by atoms with Gasteiger partial charge in [0.05, 0.1) is 10.6 Å². The second-order valence-electron chi connectivity index (χ2n) is 4.84. The molecule has 0 heterocycles. The Hall–Kier alpha value is -1.03. The van der Waals surface area contributed by atoms with Crippen molar-refractivity contribution in [2.24, 2.45) is 0 Å². The van der Waals surface area contributed by atoms with Crippen LogP contribution in [0.15, 0.2) is 34.8 Å². The van der Waals surface area contributed by atoms with E-state index in [-0.39, 0.29) is 0 Å². The second-order valence-corrected chi connectivity index (χ2v) is 6.07. The number of benzene rings is 2. The summed E-state index contributed by atoms with van der Waals surface area (Å²) >= 11 is 9.61. The lowest BCUT2D eigenvalue weighted by atomic mass is 10.1. The van der Waals surface area contributed by atoms with E-state index in [0.717, 1.165) is 31.9 Å². The zero-order chi connectivity index (χ0) is 14.9. The molecular formula is C16H16BrClO2. The minimum Gasteiger partial charge on any atom is -0.456 e. The van der Waals surface area contributed by atoms with E-state index in [1.54, 1.807) is 6.92 Å². The second kappa shape index (κ2) is 6.17. The van der Waals surface area contributed by atoms with Gasteiger partial charge in [0.15, 0.2) is 0 Å². The van der Waals surface area contributed by atoms with Gasteiger partial charge in [-0.05, 0) is 77.7 Å². The lowest BCUT2D eigenvalue weighted by Gasteiger charge is -2.12. The molecule has 2 aromatic rings. The van der Waals surface area contributed by atoms with Gasteiger partial charge in [0.2, 0.25) is 0 Å². The average Bonchev–Trinajstić information content (AvgIpc) is 2.38. The maximum Gasteiger partial charge on any atom is 0.141 e. The highest BCUT2D eigenvalue weighted by Gasteiger charge is 2.09. The van der Waals surface area contributed by atoms with Gasteiger partial charge in [-0.25, -0.2) is 0 Å². The monoisotopic (exact) mass is 354 g/mol. The molecule has 0 aromatic heterocycles. The third kappa shape index (κ3) is 3.35. The summed E-state index contributed by atoms with van der Waals surface area (Å²) in [6.07, 6.45) is -0.500. The number of aryl methyl sites for hydroxylation is 2. The van der Waals surface area contributed by atoms with Gasteiger partial charge in [-0.1, -0.05) is 17.7 Å². The summed E-state index contributed by atoms with van der Waals surface area (Å²) < 4.78 is 6.68. The highest BCUT2D eigenvalue weighted by atomic mass is 79.9. The van der Waals surface area contributed by atoms with Crippen molar-refractivity contribution in [2.75, 3.05) is 0 Å². The Labute approximate surface area is 132 Å². The van der Waals surface area contributed by atoms with Gasteiger partial charge in [0.1, 0.15) is 11.5 Å². The Morgan fingerprint density at radius 2 is 1.75 bits per heavy atom. The Morgan fingerprint density at radius 1 is 1.15 bits per heavy atom. The first-order chi connectivity index (χ1) is 9.38. The highest BCUT2D eigenvalue weighted by Crippen LogP contribution is 2.34. The number of aliphatic hydroxyl groups excluding tert-OH is 1. The number of hydrogen-bond donors (Lipinski definition) is 1. The van der Waals surface area contributed by atoms with Gasteiger partial charge in [0.25, 0.3) is 0 Å². The van der Waals surface area contributed by atoms with Gasteiger partial charge in [0, 0.05) is 5.02 Å². The molecule has 0 aliphatic heterocycles. The van der Waals surface area contributed by atoms with Gasteiger partial charge >= 0.3 is 0 Å². The van der Waals surface area contributed by atoms with Crippen molar-refractivity contribution < 1.29 is 9.84 Å². The molecule has 4 heteroatoms. The van der Waals surface area contributed by atoms with Gasteiger partial charge in [-0.2, -0.15) is 0 Å². The molecule has 0 spiro atoms. The van der Waals surface area contributed by atoms with Crippen LogP contribution in [0.1, 0.15) is 29.7 Å². The van der Waals surface area contributed by atoms with Crippen molar-refractivity contribution in [1.82, 2.24) is 0 Å². The normalized spacial score (nSPS) is 12.3. The van der Waals surface area contributed by atoms with Crippen molar-refractivity contribution in [2.45, 2.75) is 26.9 Å². The van der Waals surface area contributed by atoms with Crippen molar-refractivity contribution in [1.29, 1.82) is 0 Å². The molecule has 2 rings (SSSR count). The number of rotatable bonds is 3. The predicted molar refractivity (Wildman–Crippen MR) is 85.8 cm³/mol. The van der Waals surface area contributed by atoms with Crippen molar-refractivity contribution in [3.8, 4) is 11.5 Å². The molecule has 2 nitrogen and oxygen atoms in total. The highest BCUT2D eigenvalue weighted by molar-refractivity contribution is 9.10. The first-order valence-electron chi connectivity index (χ1n) is 6.30. The molecule has 0 amide bonds. The van der Waals surface area contributed by atoms with Gasteiger partial charge < -0.3 is 9.84 Å². The van der Waals surface area contributed by atoms with Crippen LogP contribution in [0.5, 0.6) is 11.5 Å². The topological polar surface area (TPSA) is 29.5 Å². The predicted octanol–water partition coefficient (Wildman–Crippen LogP) is 5.56. The van der Waals surface area contributed by atoms with Crippen LogP contribution >= 0.6 is 27.5 Å². The van der Waals surface area contributed by atoms with E-state index in [1.165, 1.54) is 0 Å². The van der Waals surface area contributed by atoms with Crippen LogP contribution in [0.3, 0.4) is 0 Å². The molecule has 0 radical (unpaired) electrons. The van der Waals surface area contributed by atoms with E-state index in [0.29, 0.717) is 5.75 Å². The molecule has 0 aliphatic rings. The Morgan fingerprint density at radius 3 is 2.25 bits per heavy atom. The molecule has 1 N–H and O–H groups in total. The van der Waals surface area contributed by atoms with E-state index < -0.39 is 6.10 Å². The molecule has 0 saturated heterocycles. The average molecular weight is 356 g/mol. The third-order valence-corrected chi connectivity index (χ3v) is 4.29. The van der Waals surface area contributed by atoms with Crippen molar-refractivity contribution in [3.05, 3.63) is 56.5 Å². The molecule has 0 bridgehead atoms. The van der Waals surface area contributed by atoms with E-state index in [2.05, 4.69) is 15.9 Å². The first-order valence-corrected chi connectivity index (χ1v) is 7.47. The van der Waals surface area contributed by atoms with Crippen LogP contribution in [0.4, 0.5) is 0 Å². The van der Waals surface area contributed by atoms with E-state index in [9.17, 15) is 5.11 Å². The molecule has 0 aliphatic carbocycles. The fourth-order valence-electron chi connectivity index (χ4n) is 1.95. The van der Waals surface area contributed by atoms with Crippen molar-refractivity contribution in [3.63, 3.8) is 0 Å². The third-order valence-electron chi connectivity index (χ3n) is 3.08. The Bertz CT molecular complexity index is 615. The van der Waals surface area contributed by atoms with Crippen LogP contribution in [-0.2, 0) is 0 Å². The summed E-state index contributed by atoms with van der Waals surface area (Å²) in [5.41, 5.74) is 2.81. The van der Waals surface area contributed by atoms with Crippen LogP contribution in [0.2, 0.25) is 5.02 Å². The molecule has 0 unspecified atom stereocenters. The SMILES string of the molecule is Cc1cc(Oc2ccc([C@@H](C)O)cc2Br)cc(C)c1Cl. The zero-order valence-electron chi connectivity index (χ0n) is 11.6. The fourth-order valence-corrected chi connectivity index (χ4v) is 2.54. The Kier molecular flexibility index (Phi) is 4.74. The minimum absolute atomic E-state index is 0.500. The standard InChI is InChI=1S/C16H16BrClO2/c1-9-6-13(7-10(2)16(9)18)20-15-5-4-12(11(3)19)8-14(15)17/h4-8,11,19H,1-3H3/t11-/m1/s1. The van der Waals surface area contributed by atoms with E-state index in [1.807, 2.05) is 44.2 Å². The Balaban J connectivity index is 2.31. The summed E-state index contributed by atoms with van der Waals surface area (Å²) in [5, 5.41) is 10.3. The lowest BCUT2D eigenvalue weighted by molar-refractivity contribution is 0.199. The summed E-state index contributed by atoms with van der Waals surface area (Å²) in [4.78, 5) is 0. The zero-order valence-corrected chi connectivity index (χ0v) is 13.9. The molecule has 0 fully saturated rings. The van der Waals surface area contributed by atoms with Gasteiger partial charge in [-0.3, -0.25) is 0 Å². The van der Waals surface area contributed by atoms with Crippen LogP contribution in [0, 0.1) is 13.8 Å². The van der Waals surface area contributed by atoms with Crippen LogP contribution < -0.4 is 4.74 Å². The minimum atomic E-state index is -0.500. The quantitative estimate of drug-likeness (QED) is 0.780. The number of hydrogen-bond acceptors (Lipinski definition) is 2. The summed E-state index contributed by atoms with van der Waals surface area (Å²) in [6.45, 7) is 5.63. The number of halogens is 2. The molecule has 20 heavy (non-hydrogen) atoms. The molecule has 2 aromatic carbocycles. The fraction of sp³-hybridized carbons (Fsp3) is 0.250. The molecular weight excluding hydrogens is 340 g/mol. The summed E-state index contributed by atoms with van der Waals surface area (Å²) in [5.74, 6) is 1.45. The van der Waals surface area contributed by atoms with Crippen LogP contribution in [0.25, 0.3) is 0 Å².